The van der Waals surface area contributed by atoms with Gasteiger partial charge < -0.3 is 15.3 Å². The summed E-state index contributed by atoms with van der Waals surface area (Å²) >= 11 is 0. The Kier molecular flexibility index (Phi) is 5.87. The van der Waals surface area contributed by atoms with Crippen LogP contribution in [-0.2, 0) is 4.79 Å². The Hall–Kier alpha value is -0.820. The molecule has 1 aliphatic heterocycles. The van der Waals surface area contributed by atoms with Gasteiger partial charge in [0.05, 0.1) is 6.61 Å². The standard InChI is InChI=1S/C11H19F3N2O2/c12-11(13,14)8-16(5-6-17)10(18)2-1-9-3-4-15-7-9/h9,15,17H,1-8H2. The summed E-state index contributed by atoms with van der Waals surface area (Å²) in [5.74, 6) is -0.163. The van der Waals surface area contributed by atoms with Crippen LogP contribution in [0.2, 0.25) is 0 Å². The van der Waals surface area contributed by atoms with Gasteiger partial charge in [0.1, 0.15) is 6.54 Å². The van der Waals surface area contributed by atoms with E-state index in [1.54, 1.807) is 0 Å². The van der Waals surface area contributed by atoms with Crippen molar-refractivity contribution in [2.75, 3.05) is 32.8 Å². The Morgan fingerprint density at radius 1 is 1.44 bits per heavy atom. The van der Waals surface area contributed by atoms with Crippen molar-refractivity contribution < 1.29 is 23.1 Å². The fourth-order valence-corrected chi connectivity index (χ4v) is 2.08. The SMILES string of the molecule is O=C(CCC1CCNC1)N(CCO)CC(F)(F)F. The lowest BCUT2D eigenvalue weighted by Crippen LogP contribution is -2.40. The third kappa shape index (κ3) is 5.68. The molecular formula is C11H19F3N2O2. The molecule has 2 N–H and O–H groups in total. The van der Waals surface area contributed by atoms with Gasteiger partial charge in [-0.2, -0.15) is 13.2 Å². The summed E-state index contributed by atoms with van der Waals surface area (Å²) in [5.41, 5.74) is 0. The third-order valence-electron chi connectivity index (χ3n) is 3.02. The summed E-state index contributed by atoms with van der Waals surface area (Å²) in [6.45, 7) is -0.266. The lowest BCUT2D eigenvalue weighted by Gasteiger charge is -2.23. The number of carbonyl (C=O) groups is 1. The highest BCUT2D eigenvalue weighted by Crippen LogP contribution is 2.19. The zero-order chi connectivity index (χ0) is 13.6. The highest BCUT2D eigenvalue weighted by atomic mass is 19.4. The number of aliphatic hydroxyl groups is 1. The van der Waals surface area contributed by atoms with E-state index in [0.29, 0.717) is 17.2 Å². The smallest absolute Gasteiger partial charge is 0.395 e. The number of halogens is 3. The van der Waals surface area contributed by atoms with Crippen LogP contribution in [0.1, 0.15) is 19.3 Å². The van der Waals surface area contributed by atoms with Crippen LogP contribution in [-0.4, -0.2) is 54.9 Å². The Labute approximate surface area is 104 Å². The molecular weight excluding hydrogens is 249 g/mol. The average Bonchev–Trinajstić information content (AvgIpc) is 2.76. The number of aliphatic hydroxyl groups excluding tert-OH is 1. The molecule has 0 bridgehead atoms. The van der Waals surface area contributed by atoms with Crippen molar-refractivity contribution in [3.05, 3.63) is 0 Å². The Bertz CT molecular complexity index is 266. The predicted molar refractivity (Wildman–Crippen MR) is 59.9 cm³/mol. The molecule has 0 saturated carbocycles. The second-order valence-corrected chi connectivity index (χ2v) is 4.55. The number of rotatable bonds is 6. The normalized spacial score (nSPS) is 20.1. The van der Waals surface area contributed by atoms with E-state index in [2.05, 4.69) is 5.32 Å². The first-order valence-corrected chi connectivity index (χ1v) is 6.08. The van der Waals surface area contributed by atoms with Crippen LogP contribution in [0.3, 0.4) is 0 Å². The summed E-state index contributed by atoms with van der Waals surface area (Å²) in [7, 11) is 0. The topological polar surface area (TPSA) is 52.6 Å². The molecule has 7 heteroatoms. The number of hydrogen-bond acceptors (Lipinski definition) is 3. The molecule has 0 aromatic rings. The zero-order valence-electron chi connectivity index (χ0n) is 10.2. The van der Waals surface area contributed by atoms with Crippen LogP contribution in [0.25, 0.3) is 0 Å². The van der Waals surface area contributed by atoms with Gasteiger partial charge in [-0.05, 0) is 31.8 Å². The third-order valence-corrected chi connectivity index (χ3v) is 3.02. The van der Waals surface area contributed by atoms with Crippen LogP contribution in [0, 0.1) is 5.92 Å². The molecule has 1 aliphatic rings. The van der Waals surface area contributed by atoms with Crippen LogP contribution in [0.5, 0.6) is 0 Å². The van der Waals surface area contributed by atoms with Crippen LogP contribution >= 0.6 is 0 Å². The molecule has 1 amide bonds. The maximum atomic E-state index is 12.2. The molecule has 0 spiro atoms. The van der Waals surface area contributed by atoms with Gasteiger partial charge in [0.2, 0.25) is 5.91 Å². The van der Waals surface area contributed by atoms with Gasteiger partial charge in [-0.25, -0.2) is 0 Å². The van der Waals surface area contributed by atoms with Crippen molar-refractivity contribution in [1.82, 2.24) is 10.2 Å². The molecule has 1 saturated heterocycles. The fraction of sp³-hybridized carbons (Fsp3) is 0.909. The first-order valence-electron chi connectivity index (χ1n) is 6.08. The summed E-state index contributed by atoms with van der Waals surface area (Å²) in [6.07, 6.45) is -2.74. The van der Waals surface area contributed by atoms with E-state index in [4.69, 9.17) is 5.11 Å². The van der Waals surface area contributed by atoms with Crippen LogP contribution in [0.4, 0.5) is 13.2 Å². The van der Waals surface area contributed by atoms with Gasteiger partial charge in [0.15, 0.2) is 0 Å². The van der Waals surface area contributed by atoms with Crippen molar-refractivity contribution in [2.24, 2.45) is 5.92 Å². The predicted octanol–water partition coefficient (Wildman–Crippen LogP) is 0.759. The van der Waals surface area contributed by atoms with Crippen molar-refractivity contribution in [1.29, 1.82) is 0 Å². The average molecular weight is 268 g/mol. The second-order valence-electron chi connectivity index (χ2n) is 4.55. The molecule has 0 aromatic heterocycles. The summed E-state index contributed by atoms with van der Waals surface area (Å²) < 4.78 is 36.7. The minimum atomic E-state index is -4.42. The van der Waals surface area contributed by atoms with Crippen molar-refractivity contribution in [3.63, 3.8) is 0 Å². The molecule has 0 aliphatic carbocycles. The maximum Gasteiger partial charge on any atom is 0.406 e. The molecule has 4 nitrogen and oxygen atoms in total. The minimum Gasteiger partial charge on any atom is -0.395 e. The summed E-state index contributed by atoms with van der Waals surface area (Å²) in [4.78, 5) is 12.3. The molecule has 18 heavy (non-hydrogen) atoms. The number of carbonyl (C=O) groups excluding carboxylic acids is 1. The minimum absolute atomic E-state index is 0.114. The van der Waals surface area contributed by atoms with E-state index >= 15 is 0 Å². The van der Waals surface area contributed by atoms with E-state index in [9.17, 15) is 18.0 Å². The van der Waals surface area contributed by atoms with Gasteiger partial charge in [-0.15, -0.1) is 0 Å². The van der Waals surface area contributed by atoms with Gasteiger partial charge >= 0.3 is 6.18 Å². The van der Waals surface area contributed by atoms with Crippen LogP contribution < -0.4 is 5.32 Å². The van der Waals surface area contributed by atoms with Gasteiger partial charge in [-0.3, -0.25) is 4.79 Å². The van der Waals surface area contributed by atoms with E-state index in [1.807, 2.05) is 0 Å². The van der Waals surface area contributed by atoms with Gasteiger partial charge in [0.25, 0.3) is 0 Å². The molecule has 1 unspecified atom stereocenters. The molecule has 1 atom stereocenters. The molecule has 106 valence electrons. The van der Waals surface area contributed by atoms with E-state index < -0.39 is 25.2 Å². The number of amides is 1. The number of alkyl halides is 3. The highest BCUT2D eigenvalue weighted by molar-refractivity contribution is 5.76. The molecule has 1 rings (SSSR count). The van der Waals surface area contributed by atoms with E-state index in [-0.39, 0.29) is 13.0 Å². The lowest BCUT2D eigenvalue weighted by atomic mass is 10.0. The number of nitrogens with zero attached hydrogens (tertiary/aromatic N) is 1. The van der Waals surface area contributed by atoms with Crippen molar-refractivity contribution in [2.45, 2.75) is 25.4 Å². The number of nitrogens with one attached hydrogen (secondary N) is 1. The fourth-order valence-electron chi connectivity index (χ4n) is 2.08. The Balaban J connectivity index is 2.38. The molecule has 0 aromatic carbocycles. The van der Waals surface area contributed by atoms with Crippen molar-refractivity contribution >= 4 is 5.91 Å². The Morgan fingerprint density at radius 3 is 2.67 bits per heavy atom. The van der Waals surface area contributed by atoms with Crippen molar-refractivity contribution in [3.8, 4) is 0 Å². The highest BCUT2D eigenvalue weighted by Gasteiger charge is 2.32. The number of hydrogen-bond donors (Lipinski definition) is 2. The van der Waals surface area contributed by atoms with Gasteiger partial charge in [-0.1, -0.05) is 0 Å². The molecule has 1 heterocycles. The second kappa shape index (κ2) is 6.94. The largest absolute Gasteiger partial charge is 0.406 e. The van der Waals surface area contributed by atoms with E-state index in [1.165, 1.54) is 0 Å². The maximum absolute atomic E-state index is 12.2. The molecule has 1 fully saturated rings. The monoisotopic (exact) mass is 268 g/mol. The summed E-state index contributed by atoms with van der Waals surface area (Å²) in [6, 6.07) is 0. The summed E-state index contributed by atoms with van der Waals surface area (Å²) in [5, 5.41) is 11.8. The van der Waals surface area contributed by atoms with Gasteiger partial charge in [0, 0.05) is 13.0 Å². The van der Waals surface area contributed by atoms with E-state index in [0.717, 1.165) is 19.5 Å². The van der Waals surface area contributed by atoms with Crippen LogP contribution in [0.15, 0.2) is 0 Å². The first kappa shape index (κ1) is 15.2. The Morgan fingerprint density at radius 2 is 2.17 bits per heavy atom. The zero-order valence-corrected chi connectivity index (χ0v) is 10.2. The molecule has 0 radical (unpaired) electrons. The lowest BCUT2D eigenvalue weighted by molar-refractivity contribution is -0.162. The first-order chi connectivity index (χ1) is 8.42. The quantitative estimate of drug-likeness (QED) is 0.748.